The molecule has 3 heteroatoms. The van der Waals surface area contributed by atoms with E-state index in [4.69, 9.17) is 0 Å². The summed E-state index contributed by atoms with van der Waals surface area (Å²) < 4.78 is 0. The van der Waals surface area contributed by atoms with E-state index in [0.717, 1.165) is 12.8 Å². The van der Waals surface area contributed by atoms with Gasteiger partial charge in [-0.15, -0.1) is 0 Å². The molecule has 0 saturated heterocycles. The van der Waals surface area contributed by atoms with Crippen LogP contribution in [-0.4, -0.2) is 11.0 Å². The highest BCUT2D eigenvalue weighted by atomic mass is 16.3. The van der Waals surface area contributed by atoms with Crippen LogP contribution in [0.4, 0.5) is 0 Å². The molecule has 0 aliphatic heterocycles. The van der Waals surface area contributed by atoms with Gasteiger partial charge in [0, 0.05) is 0 Å². The molecule has 2 aromatic carbocycles. The topological polar surface area (TPSA) is 49.3 Å². The number of aryl methyl sites for hydroxylation is 1. The van der Waals surface area contributed by atoms with Crippen LogP contribution in [0.3, 0.4) is 0 Å². The minimum absolute atomic E-state index is 0.0112. The van der Waals surface area contributed by atoms with Gasteiger partial charge in [-0.25, -0.2) is 0 Å². The molecule has 2 N–H and O–H groups in total. The number of hydrogen-bond donors (Lipinski definition) is 2. The third-order valence-electron chi connectivity index (χ3n) is 3.81. The Labute approximate surface area is 118 Å². The zero-order valence-electron chi connectivity index (χ0n) is 11.1. The first kappa shape index (κ1) is 12.9. The number of carbonyl (C=O) groups excluding carboxylic acids is 1. The molecule has 0 saturated carbocycles. The zero-order valence-corrected chi connectivity index (χ0v) is 11.1. The van der Waals surface area contributed by atoms with Crippen molar-refractivity contribution in [2.45, 2.75) is 25.0 Å². The average Bonchev–Trinajstić information content (AvgIpc) is 2.91. The van der Waals surface area contributed by atoms with Crippen molar-refractivity contribution in [3.8, 4) is 0 Å². The van der Waals surface area contributed by atoms with Gasteiger partial charge in [0.2, 0.25) is 0 Å². The van der Waals surface area contributed by atoms with Crippen LogP contribution >= 0.6 is 0 Å². The number of aliphatic hydroxyl groups excluding tert-OH is 1. The van der Waals surface area contributed by atoms with Crippen LogP contribution in [0.1, 0.15) is 35.3 Å². The maximum Gasteiger partial charge on any atom is 0.253 e. The summed E-state index contributed by atoms with van der Waals surface area (Å²) >= 11 is 0. The Morgan fingerprint density at radius 2 is 1.80 bits per heavy atom. The molecule has 1 aliphatic carbocycles. The van der Waals surface area contributed by atoms with Crippen LogP contribution < -0.4 is 5.32 Å². The van der Waals surface area contributed by atoms with Crippen LogP contribution in [0.5, 0.6) is 0 Å². The lowest BCUT2D eigenvalue weighted by molar-refractivity contribution is -0.130. The molecule has 2 unspecified atom stereocenters. The second-order valence-electron chi connectivity index (χ2n) is 5.11. The van der Waals surface area contributed by atoms with Crippen molar-refractivity contribution in [1.82, 2.24) is 5.32 Å². The molecule has 2 aromatic rings. The first-order valence-electron chi connectivity index (χ1n) is 6.87. The molecule has 0 fully saturated rings. The van der Waals surface area contributed by atoms with E-state index in [1.807, 2.05) is 36.4 Å². The summed E-state index contributed by atoms with van der Waals surface area (Å²) in [5.41, 5.74) is 3.07. The van der Waals surface area contributed by atoms with Crippen LogP contribution in [0.15, 0.2) is 54.6 Å². The van der Waals surface area contributed by atoms with E-state index in [1.54, 1.807) is 12.1 Å². The first-order valence-corrected chi connectivity index (χ1v) is 6.87. The van der Waals surface area contributed by atoms with Crippen LogP contribution in [0.2, 0.25) is 0 Å². The second kappa shape index (κ2) is 5.47. The number of aliphatic hydroxyl groups is 1. The number of carbonyl (C=O) groups is 1. The fraction of sp³-hybridized carbons (Fsp3) is 0.235. The number of rotatable bonds is 3. The lowest BCUT2D eigenvalue weighted by atomic mass is 10.1. The molecule has 2 atom stereocenters. The van der Waals surface area contributed by atoms with Gasteiger partial charge in [0.15, 0.2) is 6.10 Å². The first-order chi connectivity index (χ1) is 9.75. The molecule has 0 spiro atoms. The largest absolute Gasteiger partial charge is 0.378 e. The molecule has 1 aliphatic rings. The van der Waals surface area contributed by atoms with Crippen molar-refractivity contribution in [3.05, 3.63) is 71.3 Å². The molecular weight excluding hydrogens is 250 g/mol. The maximum absolute atomic E-state index is 12.1. The molecule has 3 nitrogen and oxygen atoms in total. The van der Waals surface area contributed by atoms with Gasteiger partial charge in [0.25, 0.3) is 5.91 Å². The highest BCUT2D eigenvalue weighted by Crippen LogP contribution is 2.31. The minimum Gasteiger partial charge on any atom is -0.378 e. The van der Waals surface area contributed by atoms with E-state index in [2.05, 4.69) is 11.4 Å². The molecule has 0 heterocycles. The third-order valence-corrected chi connectivity index (χ3v) is 3.81. The Hall–Kier alpha value is -2.13. The van der Waals surface area contributed by atoms with Gasteiger partial charge in [-0.3, -0.25) is 4.79 Å². The van der Waals surface area contributed by atoms with Gasteiger partial charge >= 0.3 is 0 Å². The third kappa shape index (κ3) is 2.45. The highest BCUT2D eigenvalue weighted by Gasteiger charge is 2.26. The predicted octanol–water partition coefficient (Wildman–Crippen LogP) is 2.52. The van der Waals surface area contributed by atoms with Crippen molar-refractivity contribution in [3.63, 3.8) is 0 Å². The lowest BCUT2D eigenvalue weighted by Gasteiger charge is -2.17. The van der Waals surface area contributed by atoms with E-state index in [0.29, 0.717) is 5.56 Å². The van der Waals surface area contributed by atoms with Gasteiger partial charge in [0.05, 0.1) is 6.04 Å². The molecule has 0 aromatic heterocycles. The van der Waals surface area contributed by atoms with Crippen LogP contribution in [0.25, 0.3) is 0 Å². The van der Waals surface area contributed by atoms with Gasteiger partial charge < -0.3 is 10.4 Å². The van der Waals surface area contributed by atoms with E-state index < -0.39 is 6.10 Å². The number of nitrogens with one attached hydrogen (secondary N) is 1. The molecule has 20 heavy (non-hydrogen) atoms. The standard InChI is InChI=1S/C17H17NO2/c19-16(13-7-2-1-3-8-13)17(20)18-15-11-10-12-6-4-5-9-14(12)15/h1-9,15-16,19H,10-11H2,(H,18,20). The SMILES string of the molecule is O=C(NC1CCc2ccccc21)C(O)c1ccccc1. The van der Waals surface area contributed by atoms with Crippen LogP contribution in [-0.2, 0) is 11.2 Å². The fourth-order valence-electron chi connectivity index (χ4n) is 2.74. The number of fused-ring (bicyclic) bond motifs is 1. The van der Waals surface area contributed by atoms with Crippen molar-refractivity contribution in [2.24, 2.45) is 0 Å². The second-order valence-corrected chi connectivity index (χ2v) is 5.11. The summed E-state index contributed by atoms with van der Waals surface area (Å²) in [7, 11) is 0. The van der Waals surface area contributed by atoms with Crippen molar-refractivity contribution >= 4 is 5.91 Å². The van der Waals surface area contributed by atoms with Gasteiger partial charge in [0.1, 0.15) is 0 Å². The van der Waals surface area contributed by atoms with E-state index in [-0.39, 0.29) is 11.9 Å². The minimum atomic E-state index is -1.11. The van der Waals surface area contributed by atoms with Crippen molar-refractivity contribution in [2.75, 3.05) is 0 Å². The van der Waals surface area contributed by atoms with Gasteiger partial charge in [-0.1, -0.05) is 54.6 Å². The van der Waals surface area contributed by atoms with Crippen molar-refractivity contribution < 1.29 is 9.90 Å². The molecule has 0 radical (unpaired) electrons. The predicted molar refractivity (Wildman–Crippen MR) is 77.0 cm³/mol. The number of benzene rings is 2. The Bertz CT molecular complexity index is 609. The van der Waals surface area contributed by atoms with E-state index >= 15 is 0 Å². The summed E-state index contributed by atoms with van der Waals surface area (Å²) in [5, 5.41) is 13.0. The van der Waals surface area contributed by atoms with Crippen LogP contribution in [0, 0.1) is 0 Å². The Morgan fingerprint density at radius 3 is 2.60 bits per heavy atom. The summed E-state index contributed by atoms with van der Waals surface area (Å²) in [6.45, 7) is 0. The highest BCUT2D eigenvalue weighted by molar-refractivity contribution is 5.82. The summed E-state index contributed by atoms with van der Waals surface area (Å²) in [4.78, 5) is 12.1. The Kier molecular flexibility index (Phi) is 3.52. The summed E-state index contributed by atoms with van der Waals surface area (Å²) in [6, 6.07) is 17.2. The maximum atomic E-state index is 12.1. The normalized spacial score (nSPS) is 18.4. The average molecular weight is 267 g/mol. The molecular formula is C17H17NO2. The zero-order chi connectivity index (χ0) is 13.9. The fourth-order valence-corrected chi connectivity index (χ4v) is 2.74. The molecule has 102 valence electrons. The summed E-state index contributed by atoms with van der Waals surface area (Å²) in [5.74, 6) is -0.335. The smallest absolute Gasteiger partial charge is 0.253 e. The molecule has 3 rings (SSSR count). The molecule has 0 bridgehead atoms. The van der Waals surface area contributed by atoms with Crippen molar-refractivity contribution in [1.29, 1.82) is 0 Å². The Morgan fingerprint density at radius 1 is 1.10 bits per heavy atom. The van der Waals surface area contributed by atoms with Gasteiger partial charge in [-0.05, 0) is 29.5 Å². The number of hydrogen-bond acceptors (Lipinski definition) is 2. The molecule has 1 amide bonds. The lowest BCUT2D eigenvalue weighted by Crippen LogP contribution is -2.32. The Balaban J connectivity index is 1.72. The monoisotopic (exact) mass is 267 g/mol. The van der Waals surface area contributed by atoms with E-state index in [1.165, 1.54) is 11.1 Å². The number of amides is 1. The summed E-state index contributed by atoms with van der Waals surface area (Å²) in [6.07, 6.45) is 0.763. The van der Waals surface area contributed by atoms with E-state index in [9.17, 15) is 9.90 Å². The van der Waals surface area contributed by atoms with Gasteiger partial charge in [-0.2, -0.15) is 0 Å². The quantitative estimate of drug-likeness (QED) is 0.897.